The standard InChI is InChI=1S/C12H12BrN3O/c1-7-3-4-8(5-10(7)14)12(17)11-9(13)6-15-16(11)2/h3-6H,14H2,1-2H3. The Hall–Kier alpha value is -1.62. The van der Waals surface area contributed by atoms with Crippen LogP contribution in [0, 0.1) is 6.92 Å². The number of carbonyl (C=O) groups is 1. The van der Waals surface area contributed by atoms with Crippen LogP contribution in [0.1, 0.15) is 21.6 Å². The number of nitrogens with two attached hydrogens (primary N) is 1. The quantitative estimate of drug-likeness (QED) is 0.683. The van der Waals surface area contributed by atoms with Gasteiger partial charge < -0.3 is 5.73 Å². The van der Waals surface area contributed by atoms with Gasteiger partial charge in [-0.25, -0.2) is 0 Å². The minimum absolute atomic E-state index is 0.0939. The first-order valence-electron chi connectivity index (χ1n) is 5.09. The number of halogens is 1. The molecule has 5 heteroatoms. The molecule has 0 unspecified atom stereocenters. The van der Waals surface area contributed by atoms with Gasteiger partial charge in [0.1, 0.15) is 5.69 Å². The van der Waals surface area contributed by atoms with Gasteiger partial charge >= 0.3 is 0 Å². The summed E-state index contributed by atoms with van der Waals surface area (Å²) in [5.41, 5.74) is 8.47. The fourth-order valence-electron chi connectivity index (χ4n) is 1.58. The molecule has 2 aromatic rings. The van der Waals surface area contributed by atoms with E-state index in [0.29, 0.717) is 21.4 Å². The molecular weight excluding hydrogens is 282 g/mol. The van der Waals surface area contributed by atoms with Gasteiger partial charge in [-0.15, -0.1) is 0 Å². The summed E-state index contributed by atoms with van der Waals surface area (Å²) >= 11 is 3.31. The molecule has 1 aromatic carbocycles. The molecule has 0 saturated heterocycles. The highest BCUT2D eigenvalue weighted by Gasteiger charge is 2.17. The number of rotatable bonds is 2. The first-order valence-corrected chi connectivity index (χ1v) is 5.88. The Kier molecular flexibility index (Phi) is 3.02. The second-order valence-electron chi connectivity index (χ2n) is 3.87. The van der Waals surface area contributed by atoms with E-state index in [0.717, 1.165) is 5.56 Å². The maximum absolute atomic E-state index is 12.3. The number of nitrogen functional groups attached to an aromatic ring is 1. The van der Waals surface area contributed by atoms with Gasteiger partial charge in [0, 0.05) is 18.3 Å². The van der Waals surface area contributed by atoms with Gasteiger partial charge in [0.25, 0.3) is 0 Å². The SMILES string of the molecule is Cc1ccc(C(=O)c2c(Br)cnn2C)cc1N. The number of nitrogens with zero attached hydrogens (tertiary/aromatic N) is 2. The predicted molar refractivity (Wildman–Crippen MR) is 69.9 cm³/mol. The normalized spacial score (nSPS) is 10.5. The molecule has 2 rings (SSSR count). The summed E-state index contributed by atoms with van der Waals surface area (Å²) in [6.45, 7) is 1.91. The van der Waals surface area contributed by atoms with Gasteiger partial charge in [-0.05, 0) is 34.5 Å². The van der Waals surface area contributed by atoms with Crippen molar-refractivity contribution in [3.63, 3.8) is 0 Å². The van der Waals surface area contributed by atoms with Crippen molar-refractivity contribution in [3.8, 4) is 0 Å². The fourth-order valence-corrected chi connectivity index (χ4v) is 2.11. The summed E-state index contributed by atoms with van der Waals surface area (Å²) in [5.74, 6) is -0.0939. The Balaban J connectivity index is 2.48. The Morgan fingerprint density at radius 1 is 1.47 bits per heavy atom. The molecule has 2 N–H and O–H groups in total. The van der Waals surface area contributed by atoms with Gasteiger partial charge in [0.15, 0.2) is 0 Å². The van der Waals surface area contributed by atoms with Crippen LogP contribution in [0.25, 0.3) is 0 Å². The first kappa shape index (κ1) is 11.9. The van der Waals surface area contributed by atoms with Crippen molar-refractivity contribution < 1.29 is 4.79 Å². The van der Waals surface area contributed by atoms with E-state index in [2.05, 4.69) is 21.0 Å². The van der Waals surface area contributed by atoms with Crippen molar-refractivity contribution >= 4 is 27.4 Å². The number of aryl methyl sites for hydroxylation is 2. The van der Waals surface area contributed by atoms with Crippen LogP contribution in [0.5, 0.6) is 0 Å². The monoisotopic (exact) mass is 293 g/mol. The number of anilines is 1. The van der Waals surface area contributed by atoms with E-state index in [9.17, 15) is 4.79 Å². The van der Waals surface area contributed by atoms with Crippen LogP contribution in [-0.2, 0) is 7.05 Å². The molecule has 0 bridgehead atoms. The lowest BCUT2D eigenvalue weighted by atomic mass is 10.0. The highest BCUT2D eigenvalue weighted by Crippen LogP contribution is 2.21. The third kappa shape index (κ3) is 2.10. The van der Waals surface area contributed by atoms with E-state index >= 15 is 0 Å². The molecular formula is C12H12BrN3O. The zero-order chi connectivity index (χ0) is 12.6. The summed E-state index contributed by atoms with van der Waals surface area (Å²) in [6, 6.07) is 5.30. The summed E-state index contributed by atoms with van der Waals surface area (Å²) in [6.07, 6.45) is 1.60. The zero-order valence-electron chi connectivity index (χ0n) is 9.57. The summed E-state index contributed by atoms with van der Waals surface area (Å²) in [5, 5.41) is 4.02. The average Bonchev–Trinajstić information content (AvgIpc) is 2.62. The topological polar surface area (TPSA) is 60.9 Å². The molecule has 0 radical (unpaired) electrons. The second kappa shape index (κ2) is 4.33. The van der Waals surface area contributed by atoms with Crippen molar-refractivity contribution in [1.82, 2.24) is 9.78 Å². The van der Waals surface area contributed by atoms with Crippen LogP contribution < -0.4 is 5.73 Å². The Morgan fingerprint density at radius 2 is 2.18 bits per heavy atom. The predicted octanol–water partition coefficient (Wildman–Crippen LogP) is 2.30. The molecule has 0 amide bonds. The van der Waals surface area contributed by atoms with Crippen LogP contribution in [0.2, 0.25) is 0 Å². The minimum Gasteiger partial charge on any atom is -0.398 e. The smallest absolute Gasteiger partial charge is 0.212 e. The largest absolute Gasteiger partial charge is 0.398 e. The lowest BCUT2D eigenvalue weighted by Gasteiger charge is -2.05. The lowest BCUT2D eigenvalue weighted by molar-refractivity contribution is 0.102. The van der Waals surface area contributed by atoms with Gasteiger partial charge in [0.05, 0.1) is 10.7 Å². The highest BCUT2D eigenvalue weighted by molar-refractivity contribution is 9.10. The molecule has 0 fully saturated rings. The van der Waals surface area contributed by atoms with Gasteiger partial charge in [-0.1, -0.05) is 12.1 Å². The molecule has 4 nitrogen and oxygen atoms in total. The van der Waals surface area contributed by atoms with E-state index in [1.807, 2.05) is 13.0 Å². The van der Waals surface area contributed by atoms with Crippen molar-refractivity contribution in [2.45, 2.75) is 6.92 Å². The number of ketones is 1. The molecule has 0 aliphatic carbocycles. The molecule has 88 valence electrons. The number of carbonyl (C=O) groups excluding carboxylic acids is 1. The summed E-state index contributed by atoms with van der Waals surface area (Å²) in [4.78, 5) is 12.3. The lowest BCUT2D eigenvalue weighted by Crippen LogP contribution is -2.09. The summed E-state index contributed by atoms with van der Waals surface area (Å²) < 4.78 is 2.23. The van der Waals surface area contributed by atoms with Crippen LogP contribution in [0.4, 0.5) is 5.69 Å². The van der Waals surface area contributed by atoms with Crippen molar-refractivity contribution in [2.24, 2.45) is 7.05 Å². The molecule has 1 heterocycles. The van der Waals surface area contributed by atoms with E-state index in [1.54, 1.807) is 30.1 Å². The van der Waals surface area contributed by atoms with Gasteiger partial charge in [-0.2, -0.15) is 5.10 Å². The first-order chi connectivity index (χ1) is 8.00. The number of hydrogen-bond acceptors (Lipinski definition) is 3. The van der Waals surface area contributed by atoms with Crippen molar-refractivity contribution in [2.75, 3.05) is 5.73 Å². The van der Waals surface area contributed by atoms with Crippen LogP contribution in [0.3, 0.4) is 0 Å². The van der Waals surface area contributed by atoms with E-state index in [1.165, 1.54) is 0 Å². The van der Waals surface area contributed by atoms with Gasteiger partial charge in [-0.3, -0.25) is 9.48 Å². The average molecular weight is 294 g/mol. The minimum atomic E-state index is -0.0939. The van der Waals surface area contributed by atoms with Crippen molar-refractivity contribution in [3.05, 3.63) is 45.7 Å². The third-order valence-corrected chi connectivity index (χ3v) is 3.23. The van der Waals surface area contributed by atoms with Gasteiger partial charge in [0.2, 0.25) is 5.78 Å². The molecule has 17 heavy (non-hydrogen) atoms. The van der Waals surface area contributed by atoms with E-state index in [-0.39, 0.29) is 5.78 Å². The fraction of sp³-hybridized carbons (Fsp3) is 0.167. The highest BCUT2D eigenvalue weighted by atomic mass is 79.9. The molecule has 0 aliphatic heterocycles. The second-order valence-corrected chi connectivity index (χ2v) is 4.72. The van der Waals surface area contributed by atoms with Crippen LogP contribution in [-0.4, -0.2) is 15.6 Å². The molecule has 0 spiro atoms. The van der Waals surface area contributed by atoms with E-state index < -0.39 is 0 Å². The summed E-state index contributed by atoms with van der Waals surface area (Å²) in [7, 11) is 1.73. The Bertz CT molecular complexity index is 570. The molecule has 0 saturated carbocycles. The maximum Gasteiger partial charge on any atom is 0.212 e. The molecule has 1 aromatic heterocycles. The molecule has 0 aliphatic rings. The van der Waals surface area contributed by atoms with Crippen LogP contribution in [0.15, 0.2) is 28.9 Å². The zero-order valence-corrected chi connectivity index (χ0v) is 11.2. The van der Waals surface area contributed by atoms with Crippen molar-refractivity contribution in [1.29, 1.82) is 0 Å². The third-order valence-electron chi connectivity index (χ3n) is 2.65. The van der Waals surface area contributed by atoms with E-state index in [4.69, 9.17) is 5.73 Å². The van der Waals surface area contributed by atoms with Crippen LogP contribution >= 0.6 is 15.9 Å². The Labute approximate surface area is 108 Å². The number of aromatic nitrogens is 2. The maximum atomic E-state index is 12.3. The number of hydrogen-bond donors (Lipinski definition) is 1. The Morgan fingerprint density at radius 3 is 2.71 bits per heavy atom. The molecule has 0 atom stereocenters. The number of benzene rings is 1.